The molecule has 3 nitrogen and oxygen atoms in total. The van der Waals surface area contributed by atoms with Crippen LogP contribution in [-0.4, -0.2) is 11.9 Å². The Morgan fingerprint density at radius 1 is 0.824 bits per heavy atom. The first kappa shape index (κ1) is 23.6. The van der Waals surface area contributed by atoms with Gasteiger partial charge in [-0.05, 0) is 65.4 Å². The number of benzene rings is 3. The van der Waals surface area contributed by atoms with Gasteiger partial charge in [-0.3, -0.25) is 0 Å². The lowest BCUT2D eigenvalue weighted by molar-refractivity contribution is -0.129. The minimum absolute atomic E-state index is 0.158. The number of hydrogen-bond acceptors (Lipinski definition) is 3. The maximum absolute atomic E-state index is 13.4. The first-order chi connectivity index (χ1) is 16.6. The Labute approximate surface area is 201 Å². The number of aliphatic imine (C=N–C) groups is 1. The van der Waals surface area contributed by atoms with Gasteiger partial charge in [0.15, 0.2) is 5.70 Å². The lowest BCUT2D eigenvalue weighted by atomic mass is 10.00. The average molecular weight is 456 g/mol. The molecule has 0 bridgehead atoms. The van der Waals surface area contributed by atoms with E-state index < -0.39 is 5.97 Å². The molecule has 0 N–H and O–H groups in total. The van der Waals surface area contributed by atoms with E-state index in [1.54, 1.807) is 12.1 Å². The highest BCUT2D eigenvalue weighted by molar-refractivity contribution is 6.12. The quantitative estimate of drug-likeness (QED) is 0.178. The van der Waals surface area contributed by atoms with Crippen molar-refractivity contribution in [3.8, 4) is 11.1 Å². The second-order valence-electron chi connectivity index (χ2n) is 8.68. The highest BCUT2D eigenvalue weighted by Crippen LogP contribution is 2.24. The molecule has 0 aliphatic carbocycles. The van der Waals surface area contributed by atoms with Gasteiger partial charge in [-0.15, -0.1) is 0 Å². The van der Waals surface area contributed by atoms with Gasteiger partial charge in [0.25, 0.3) is 0 Å². The number of cyclic esters (lactones) is 1. The van der Waals surface area contributed by atoms with Crippen molar-refractivity contribution < 1.29 is 13.9 Å². The summed E-state index contributed by atoms with van der Waals surface area (Å²) in [7, 11) is 0. The summed E-state index contributed by atoms with van der Waals surface area (Å²) in [6.07, 6.45) is 10.5. The predicted octanol–water partition coefficient (Wildman–Crippen LogP) is 7.74. The number of unbranched alkanes of at least 4 members (excludes halogenated alkanes) is 5. The highest BCUT2D eigenvalue weighted by Gasteiger charge is 2.24. The van der Waals surface area contributed by atoms with Crippen molar-refractivity contribution in [3.63, 3.8) is 0 Å². The summed E-state index contributed by atoms with van der Waals surface area (Å²) in [6, 6.07) is 22.6. The zero-order chi connectivity index (χ0) is 23.8. The molecule has 1 aliphatic heterocycles. The Bertz CT molecular complexity index is 1180. The molecular weight excluding hydrogens is 425 g/mol. The molecule has 0 amide bonds. The maximum atomic E-state index is 13.4. The van der Waals surface area contributed by atoms with E-state index in [9.17, 15) is 9.18 Å². The van der Waals surface area contributed by atoms with E-state index in [2.05, 4.69) is 36.2 Å². The van der Waals surface area contributed by atoms with Crippen LogP contribution in [0.1, 0.15) is 62.1 Å². The van der Waals surface area contributed by atoms with Crippen LogP contribution in [0.2, 0.25) is 0 Å². The molecule has 0 aromatic heterocycles. The van der Waals surface area contributed by atoms with Gasteiger partial charge in [-0.2, -0.15) is 0 Å². The molecule has 174 valence electrons. The van der Waals surface area contributed by atoms with Crippen LogP contribution in [0.5, 0.6) is 0 Å². The van der Waals surface area contributed by atoms with Crippen LogP contribution < -0.4 is 0 Å². The number of carbonyl (C=O) groups excluding carboxylic acids is 1. The van der Waals surface area contributed by atoms with Crippen molar-refractivity contribution in [2.24, 2.45) is 4.99 Å². The van der Waals surface area contributed by atoms with Crippen LogP contribution >= 0.6 is 0 Å². The van der Waals surface area contributed by atoms with Crippen LogP contribution in [0.25, 0.3) is 17.2 Å². The van der Waals surface area contributed by atoms with E-state index in [1.807, 2.05) is 24.3 Å². The van der Waals surface area contributed by atoms with E-state index in [1.165, 1.54) is 62.3 Å². The number of esters is 1. The van der Waals surface area contributed by atoms with Crippen molar-refractivity contribution in [2.45, 2.75) is 51.9 Å². The average Bonchev–Trinajstić information content (AvgIpc) is 3.22. The van der Waals surface area contributed by atoms with Gasteiger partial charge in [0.05, 0.1) is 0 Å². The Hall–Kier alpha value is -3.53. The summed E-state index contributed by atoms with van der Waals surface area (Å²) < 4.78 is 18.7. The Morgan fingerprint density at radius 3 is 2.18 bits per heavy atom. The molecule has 0 radical (unpaired) electrons. The maximum Gasteiger partial charge on any atom is 0.363 e. The van der Waals surface area contributed by atoms with Crippen molar-refractivity contribution in [1.29, 1.82) is 0 Å². The number of rotatable bonds is 10. The molecule has 0 unspecified atom stereocenters. The third kappa shape index (κ3) is 6.28. The number of carbonyl (C=O) groups is 1. The largest absolute Gasteiger partial charge is 0.402 e. The molecule has 4 heteroatoms. The van der Waals surface area contributed by atoms with Gasteiger partial charge in [-0.1, -0.05) is 87.6 Å². The van der Waals surface area contributed by atoms with Gasteiger partial charge in [-0.25, -0.2) is 14.2 Å². The van der Waals surface area contributed by atoms with Gasteiger partial charge in [0.2, 0.25) is 5.90 Å². The summed E-state index contributed by atoms with van der Waals surface area (Å²) in [5.41, 5.74) is 5.06. The Balaban J connectivity index is 1.38. The molecule has 3 aromatic rings. The molecule has 1 aliphatic rings. The standard InChI is InChI=1S/C30H30FNO2/c1-2-3-4-5-6-7-9-22-12-14-24(15-13-22)25-16-18-26(19-17-25)29-32-28(30(33)34-29)21-23-10-8-11-27(31)20-23/h8,10-21H,2-7,9H2,1H3/b28-21-. The van der Waals surface area contributed by atoms with Crippen molar-refractivity contribution in [1.82, 2.24) is 0 Å². The van der Waals surface area contributed by atoms with Crippen LogP contribution in [0.3, 0.4) is 0 Å². The third-order valence-corrected chi connectivity index (χ3v) is 6.01. The monoisotopic (exact) mass is 455 g/mol. The normalized spacial score (nSPS) is 14.4. The lowest BCUT2D eigenvalue weighted by Gasteiger charge is -2.06. The fourth-order valence-corrected chi connectivity index (χ4v) is 4.07. The summed E-state index contributed by atoms with van der Waals surface area (Å²) in [4.78, 5) is 16.5. The second-order valence-corrected chi connectivity index (χ2v) is 8.68. The molecular formula is C30H30FNO2. The summed E-state index contributed by atoms with van der Waals surface area (Å²) >= 11 is 0. The molecule has 0 saturated carbocycles. The zero-order valence-corrected chi connectivity index (χ0v) is 19.6. The van der Waals surface area contributed by atoms with E-state index in [-0.39, 0.29) is 17.4 Å². The second kappa shape index (κ2) is 11.6. The third-order valence-electron chi connectivity index (χ3n) is 6.01. The molecule has 4 rings (SSSR count). The van der Waals surface area contributed by atoms with E-state index in [0.717, 1.165) is 23.1 Å². The van der Waals surface area contributed by atoms with Crippen molar-refractivity contribution in [2.75, 3.05) is 0 Å². The Kier molecular flexibility index (Phi) is 8.03. The highest BCUT2D eigenvalue weighted by atomic mass is 19.1. The first-order valence-electron chi connectivity index (χ1n) is 12.1. The van der Waals surface area contributed by atoms with Crippen LogP contribution in [-0.2, 0) is 16.0 Å². The van der Waals surface area contributed by atoms with Gasteiger partial charge in [0, 0.05) is 5.56 Å². The molecule has 0 fully saturated rings. The minimum atomic E-state index is -0.538. The smallest absolute Gasteiger partial charge is 0.363 e. The number of halogens is 1. The lowest BCUT2D eigenvalue weighted by Crippen LogP contribution is -2.05. The summed E-state index contributed by atoms with van der Waals surface area (Å²) in [5, 5.41) is 0. The molecule has 1 heterocycles. The topological polar surface area (TPSA) is 38.7 Å². The molecule has 0 saturated heterocycles. The van der Waals surface area contributed by atoms with Crippen molar-refractivity contribution >= 4 is 17.9 Å². The fraction of sp³-hybridized carbons (Fsp3) is 0.267. The summed E-state index contributed by atoms with van der Waals surface area (Å²) in [6.45, 7) is 2.25. The van der Waals surface area contributed by atoms with Crippen molar-refractivity contribution in [3.05, 3.63) is 101 Å². The van der Waals surface area contributed by atoms with Gasteiger partial charge < -0.3 is 4.74 Å². The van der Waals surface area contributed by atoms with Crippen LogP contribution in [0.15, 0.2) is 83.5 Å². The molecule has 0 spiro atoms. The zero-order valence-electron chi connectivity index (χ0n) is 19.6. The van der Waals surface area contributed by atoms with Gasteiger partial charge >= 0.3 is 5.97 Å². The number of aryl methyl sites for hydroxylation is 1. The van der Waals surface area contributed by atoms with Gasteiger partial charge in [0.1, 0.15) is 5.82 Å². The minimum Gasteiger partial charge on any atom is -0.402 e. The van der Waals surface area contributed by atoms with E-state index in [4.69, 9.17) is 4.74 Å². The summed E-state index contributed by atoms with van der Waals surface area (Å²) in [5.74, 6) is -0.645. The fourth-order valence-electron chi connectivity index (χ4n) is 4.07. The number of nitrogens with zero attached hydrogens (tertiary/aromatic N) is 1. The van der Waals surface area contributed by atoms with Crippen LogP contribution in [0, 0.1) is 5.82 Å². The SMILES string of the molecule is CCCCCCCCc1ccc(-c2ccc(C3=N/C(=C\c4cccc(F)c4)C(=O)O3)cc2)cc1. The van der Waals surface area contributed by atoms with Crippen LogP contribution in [0.4, 0.5) is 4.39 Å². The predicted molar refractivity (Wildman–Crippen MR) is 136 cm³/mol. The number of ether oxygens (including phenoxy) is 1. The Morgan fingerprint density at radius 2 is 1.47 bits per heavy atom. The molecule has 34 heavy (non-hydrogen) atoms. The number of hydrogen-bond donors (Lipinski definition) is 0. The molecule has 0 atom stereocenters. The van der Waals surface area contributed by atoms with E-state index >= 15 is 0 Å². The first-order valence-corrected chi connectivity index (χ1v) is 12.1. The molecule has 3 aromatic carbocycles. The van der Waals surface area contributed by atoms with E-state index in [0.29, 0.717) is 5.56 Å².